The van der Waals surface area contributed by atoms with Crippen LogP contribution in [0.5, 0.6) is 0 Å². The quantitative estimate of drug-likeness (QED) is 0.795. The molecule has 0 spiro atoms. The van der Waals surface area contributed by atoms with Gasteiger partial charge in [-0.05, 0) is 30.4 Å². The van der Waals surface area contributed by atoms with Gasteiger partial charge in [0.25, 0.3) is 0 Å². The van der Waals surface area contributed by atoms with E-state index in [0.29, 0.717) is 5.92 Å². The van der Waals surface area contributed by atoms with Crippen LogP contribution in [0, 0.1) is 12.8 Å². The molecule has 0 saturated heterocycles. The second-order valence-corrected chi connectivity index (χ2v) is 7.33. The summed E-state index contributed by atoms with van der Waals surface area (Å²) in [6, 6.07) is 8.62. The molecule has 1 fully saturated rings. The number of aromatic nitrogens is 2. The molecule has 2 atom stereocenters. The lowest BCUT2D eigenvalue weighted by molar-refractivity contribution is -0.122. The molecule has 5 heteroatoms. The molecule has 0 aliphatic heterocycles. The van der Waals surface area contributed by atoms with Gasteiger partial charge in [0.05, 0.1) is 6.20 Å². The van der Waals surface area contributed by atoms with E-state index in [1.54, 1.807) is 4.68 Å². The van der Waals surface area contributed by atoms with E-state index in [9.17, 15) is 4.79 Å². The molecule has 1 aromatic carbocycles. The Kier molecular flexibility index (Phi) is 5.06. The van der Waals surface area contributed by atoms with Gasteiger partial charge in [-0.3, -0.25) is 9.48 Å². The fraction of sp³-hybridized carbons (Fsp3) is 0.444. The van der Waals surface area contributed by atoms with Crippen LogP contribution in [0.15, 0.2) is 36.7 Å². The van der Waals surface area contributed by atoms with Crippen LogP contribution in [0.3, 0.4) is 0 Å². The average molecular weight is 329 g/mol. The number of thioether (sulfide) groups is 1. The molecular formula is C18H23N3OS. The number of nitrogens with zero attached hydrogens (tertiary/aromatic N) is 2. The zero-order valence-electron chi connectivity index (χ0n) is 13.7. The summed E-state index contributed by atoms with van der Waals surface area (Å²) in [5.41, 5.74) is 3.81. The number of nitrogens with one attached hydrogen (secondary N) is 1. The number of benzene rings is 1. The SMILES string of the molecule is Cc1ccc(CSCCNC(=O)[C@@H]2C[C@H]2c2cnn(C)c2)cc1. The molecule has 122 valence electrons. The Hall–Kier alpha value is -1.75. The smallest absolute Gasteiger partial charge is 0.223 e. The zero-order valence-corrected chi connectivity index (χ0v) is 14.5. The van der Waals surface area contributed by atoms with Gasteiger partial charge in [0.2, 0.25) is 5.91 Å². The third-order valence-corrected chi connectivity index (χ3v) is 5.25. The van der Waals surface area contributed by atoms with Crippen LogP contribution in [-0.2, 0) is 17.6 Å². The summed E-state index contributed by atoms with van der Waals surface area (Å²) in [5.74, 6) is 2.64. The first-order valence-electron chi connectivity index (χ1n) is 8.03. The first kappa shape index (κ1) is 16.1. The van der Waals surface area contributed by atoms with E-state index < -0.39 is 0 Å². The number of hydrogen-bond donors (Lipinski definition) is 1. The maximum Gasteiger partial charge on any atom is 0.223 e. The molecule has 1 N–H and O–H groups in total. The highest BCUT2D eigenvalue weighted by Gasteiger charge is 2.44. The van der Waals surface area contributed by atoms with Crippen molar-refractivity contribution in [2.24, 2.45) is 13.0 Å². The average Bonchev–Trinajstić information content (AvgIpc) is 3.23. The summed E-state index contributed by atoms with van der Waals surface area (Å²) in [6.45, 7) is 2.84. The molecule has 1 heterocycles. The van der Waals surface area contributed by atoms with Gasteiger partial charge >= 0.3 is 0 Å². The highest BCUT2D eigenvalue weighted by Crippen LogP contribution is 2.47. The Morgan fingerprint density at radius 3 is 2.87 bits per heavy atom. The van der Waals surface area contributed by atoms with Crippen LogP contribution in [0.2, 0.25) is 0 Å². The second-order valence-electron chi connectivity index (χ2n) is 6.23. The van der Waals surface area contributed by atoms with E-state index in [2.05, 4.69) is 41.6 Å². The Morgan fingerprint density at radius 1 is 1.39 bits per heavy atom. The monoisotopic (exact) mass is 329 g/mol. The lowest BCUT2D eigenvalue weighted by Crippen LogP contribution is -2.27. The van der Waals surface area contributed by atoms with Gasteiger partial charge < -0.3 is 5.32 Å². The van der Waals surface area contributed by atoms with Crippen LogP contribution in [0.25, 0.3) is 0 Å². The molecule has 3 rings (SSSR count). The van der Waals surface area contributed by atoms with E-state index >= 15 is 0 Å². The van der Waals surface area contributed by atoms with Gasteiger partial charge in [-0.2, -0.15) is 16.9 Å². The molecule has 1 aliphatic rings. The molecule has 4 nitrogen and oxygen atoms in total. The standard InChI is InChI=1S/C18H23N3OS/c1-13-3-5-14(6-4-13)12-23-8-7-19-18(22)17-9-16(17)15-10-20-21(2)11-15/h3-6,10-11,16-17H,7-9,12H2,1-2H3,(H,19,22)/t16-,17+/m0/s1. The third kappa shape index (κ3) is 4.38. The summed E-state index contributed by atoms with van der Waals surface area (Å²) in [7, 11) is 1.91. The van der Waals surface area contributed by atoms with E-state index in [1.165, 1.54) is 16.7 Å². The maximum absolute atomic E-state index is 12.1. The first-order chi connectivity index (χ1) is 11.1. The minimum Gasteiger partial charge on any atom is -0.355 e. The number of amides is 1. The van der Waals surface area contributed by atoms with Crippen molar-refractivity contribution < 1.29 is 4.79 Å². The van der Waals surface area contributed by atoms with Gasteiger partial charge in [0.1, 0.15) is 0 Å². The van der Waals surface area contributed by atoms with E-state index in [0.717, 1.165) is 24.5 Å². The van der Waals surface area contributed by atoms with Crippen molar-refractivity contribution in [1.82, 2.24) is 15.1 Å². The van der Waals surface area contributed by atoms with Crippen molar-refractivity contribution in [2.45, 2.75) is 25.0 Å². The van der Waals surface area contributed by atoms with Crippen molar-refractivity contribution in [1.29, 1.82) is 0 Å². The second kappa shape index (κ2) is 7.21. The highest BCUT2D eigenvalue weighted by molar-refractivity contribution is 7.98. The van der Waals surface area contributed by atoms with Crippen LogP contribution >= 0.6 is 11.8 Å². The Labute approximate surface area is 141 Å². The third-order valence-electron chi connectivity index (χ3n) is 4.22. The predicted molar refractivity (Wildman–Crippen MR) is 94.4 cm³/mol. The molecule has 2 aromatic rings. The summed E-state index contributed by atoms with van der Waals surface area (Å²) >= 11 is 1.86. The van der Waals surface area contributed by atoms with Crippen LogP contribution in [-0.4, -0.2) is 28.0 Å². The van der Waals surface area contributed by atoms with Gasteiger partial charge in [0, 0.05) is 37.2 Å². The number of hydrogen-bond acceptors (Lipinski definition) is 3. The number of rotatable bonds is 7. The minimum atomic E-state index is 0.140. The van der Waals surface area contributed by atoms with Crippen LogP contribution in [0.4, 0.5) is 0 Å². The fourth-order valence-corrected chi connectivity index (χ4v) is 3.56. The fourth-order valence-electron chi connectivity index (χ4n) is 2.74. The van der Waals surface area contributed by atoms with E-state index in [-0.39, 0.29) is 11.8 Å². The Bertz CT molecular complexity index is 665. The van der Waals surface area contributed by atoms with Crippen molar-refractivity contribution in [3.63, 3.8) is 0 Å². The molecule has 0 unspecified atom stereocenters. The normalized spacial score (nSPS) is 19.6. The van der Waals surface area contributed by atoms with Crippen LogP contribution in [0.1, 0.15) is 29.0 Å². The van der Waals surface area contributed by atoms with Crippen molar-refractivity contribution in [2.75, 3.05) is 12.3 Å². The molecule has 1 saturated carbocycles. The maximum atomic E-state index is 12.1. The highest BCUT2D eigenvalue weighted by atomic mass is 32.2. The summed E-state index contributed by atoms with van der Waals surface area (Å²) in [5, 5.41) is 7.23. The molecule has 0 bridgehead atoms. The Morgan fingerprint density at radius 2 is 2.17 bits per heavy atom. The largest absolute Gasteiger partial charge is 0.355 e. The first-order valence-corrected chi connectivity index (χ1v) is 9.18. The van der Waals surface area contributed by atoms with Crippen LogP contribution < -0.4 is 5.32 Å². The number of aryl methyl sites for hydroxylation is 2. The minimum absolute atomic E-state index is 0.140. The number of carbonyl (C=O) groups is 1. The molecule has 1 aromatic heterocycles. The van der Waals surface area contributed by atoms with Crippen molar-refractivity contribution in [3.05, 3.63) is 53.3 Å². The Balaban J connectivity index is 1.32. The molecule has 0 radical (unpaired) electrons. The molecule has 1 amide bonds. The summed E-state index contributed by atoms with van der Waals surface area (Å²) in [6.07, 6.45) is 4.83. The van der Waals surface area contributed by atoms with Crippen molar-refractivity contribution in [3.8, 4) is 0 Å². The zero-order chi connectivity index (χ0) is 16.2. The van der Waals surface area contributed by atoms with Gasteiger partial charge in [0.15, 0.2) is 0 Å². The molecule has 1 aliphatic carbocycles. The molecular weight excluding hydrogens is 306 g/mol. The van der Waals surface area contributed by atoms with Gasteiger partial charge in [-0.25, -0.2) is 0 Å². The summed E-state index contributed by atoms with van der Waals surface area (Å²) < 4.78 is 1.80. The van der Waals surface area contributed by atoms with Gasteiger partial charge in [-0.15, -0.1) is 0 Å². The predicted octanol–water partition coefficient (Wildman–Crippen LogP) is 2.88. The lowest BCUT2D eigenvalue weighted by Gasteiger charge is -2.05. The van der Waals surface area contributed by atoms with E-state index in [4.69, 9.17) is 0 Å². The molecule has 23 heavy (non-hydrogen) atoms. The lowest BCUT2D eigenvalue weighted by atomic mass is 10.2. The van der Waals surface area contributed by atoms with Crippen molar-refractivity contribution >= 4 is 17.7 Å². The number of carbonyl (C=O) groups excluding carboxylic acids is 1. The summed E-state index contributed by atoms with van der Waals surface area (Å²) in [4.78, 5) is 12.1. The topological polar surface area (TPSA) is 46.9 Å². The van der Waals surface area contributed by atoms with E-state index in [1.807, 2.05) is 31.2 Å². The van der Waals surface area contributed by atoms with Gasteiger partial charge in [-0.1, -0.05) is 29.8 Å².